The quantitative estimate of drug-likeness (QED) is 0.868. The molecule has 1 N–H and O–H groups in total. The van der Waals surface area contributed by atoms with Crippen LogP contribution in [-0.2, 0) is 0 Å². The first-order valence-electron chi connectivity index (χ1n) is 6.14. The molecule has 1 atom stereocenters. The van der Waals surface area contributed by atoms with E-state index in [9.17, 15) is 0 Å². The number of hydrogen-bond acceptors (Lipinski definition) is 3. The van der Waals surface area contributed by atoms with Crippen LogP contribution in [0.1, 0.15) is 20.3 Å². The Labute approximate surface area is 104 Å². The van der Waals surface area contributed by atoms with Gasteiger partial charge in [-0.15, -0.1) is 0 Å². The molecule has 0 saturated carbocycles. The lowest BCUT2D eigenvalue weighted by atomic mass is 10.0. The molecule has 1 aliphatic heterocycles. The lowest BCUT2D eigenvalue weighted by molar-refractivity contribution is 0.413. The first-order chi connectivity index (χ1) is 8.03. The Hall–Kier alpha value is -1.22. The summed E-state index contributed by atoms with van der Waals surface area (Å²) in [6.07, 6.45) is 1.15. The fraction of sp³-hybridized carbons (Fsp3) is 0.571. The Balaban J connectivity index is 2.17. The molecule has 1 fully saturated rings. The molecule has 1 aliphatic rings. The van der Waals surface area contributed by atoms with E-state index >= 15 is 0 Å². The highest BCUT2D eigenvalue weighted by atomic mass is 16.5. The number of benzene rings is 1. The highest BCUT2D eigenvalue weighted by Gasteiger charge is 2.33. The van der Waals surface area contributed by atoms with E-state index in [-0.39, 0.29) is 5.54 Å². The van der Waals surface area contributed by atoms with Gasteiger partial charge in [-0.25, -0.2) is 0 Å². The number of nitrogens with one attached hydrogen (secondary N) is 1. The van der Waals surface area contributed by atoms with Crippen LogP contribution in [0.2, 0.25) is 0 Å². The number of hydrogen-bond donors (Lipinski definition) is 1. The standard InChI is InChI=1S/C14H22N2O/c1-14(2)9-11(10-15-14)16(3)12-7-5-6-8-13(12)17-4/h5-8,11,15H,9-10H2,1-4H3. The molecule has 17 heavy (non-hydrogen) atoms. The maximum atomic E-state index is 5.42. The van der Waals surface area contributed by atoms with Crippen LogP contribution in [0.15, 0.2) is 24.3 Å². The molecule has 0 spiro atoms. The molecule has 94 valence electrons. The molecule has 1 unspecified atom stereocenters. The largest absolute Gasteiger partial charge is 0.495 e. The van der Waals surface area contributed by atoms with Crippen LogP contribution in [0.25, 0.3) is 0 Å². The van der Waals surface area contributed by atoms with Crippen LogP contribution in [0.5, 0.6) is 5.75 Å². The van der Waals surface area contributed by atoms with Crippen molar-refractivity contribution in [3.63, 3.8) is 0 Å². The predicted octanol–water partition coefficient (Wildman–Crippen LogP) is 2.27. The Kier molecular flexibility index (Phi) is 3.29. The molecule has 1 saturated heterocycles. The van der Waals surface area contributed by atoms with Crippen molar-refractivity contribution in [2.75, 3.05) is 25.6 Å². The van der Waals surface area contributed by atoms with Crippen LogP contribution in [0, 0.1) is 0 Å². The van der Waals surface area contributed by atoms with Gasteiger partial charge in [0.2, 0.25) is 0 Å². The van der Waals surface area contributed by atoms with Gasteiger partial charge in [-0.3, -0.25) is 0 Å². The van der Waals surface area contributed by atoms with Gasteiger partial charge in [0.1, 0.15) is 5.75 Å². The zero-order valence-corrected chi connectivity index (χ0v) is 11.2. The van der Waals surface area contributed by atoms with Crippen LogP contribution < -0.4 is 15.0 Å². The summed E-state index contributed by atoms with van der Waals surface area (Å²) in [6, 6.07) is 8.72. The first kappa shape index (κ1) is 12.2. The summed E-state index contributed by atoms with van der Waals surface area (Å²) in [6.45, 7) is 5.54. The Morgan fingerprint density at radius 3 is 2.65 bits per heavy atom. The van der Waals surface area contributed by atoms with Gasteiger partial charge in [-0.05, 0) is 32.4 Å². The topological polar surface area (TPSA) is 24.5 Å². The van der Waals surface area contributed by atoms with E-state index in [1.165, 1.54) is 5.69 Å². The summed E-state index contributed by atoms with van der Waals surface area (Å²) in [7, 11) is 3.87. The van der Waals surface area contributed by atoms with Gasteiger partial charge in [0.05, 0.1) is 12.8 Å². The van der Waals surface area contributed by atoms with Crippen molar-refractivity contribution in [1.29, 1.82) is 0 Å². The molecule has 0 radical (unpaired) electrons. The molecule has 2 rings (SSSR count). The summed E-state index contributed by atoms with van der Waals surface area (Å²) in [5.74, 6) is 0.944. The summed E-state index contributed by atoms with van der Waals surface area (Å²) >= 11 is 0. The number of nitrogens with zero attached hydrogens (tertiary/aromatic N) is 1. The van der Waals surface area contributed by atoms with Crippen molar-refractivity contribution < 1.29 is 4.74 Å². The van der Waals surface area contributed by atoms with Crippen molar-refractivity contribution in [3.8, 4) is 5.75 Å². The lowest BCUT2D eigenvalue weighted by Gasteiger charge is -2.28. The van der Waals surface area contributed by atoms with Gasteiger partial charge < -0.3 is 15.0 Å². The fourth-order valence-corrected chi connectivity index (χ4v) is 2.52. The maximum Gasteiger partial charge on any atom is 0.142 e. The fourth-order valence-electron chi connectivity index (χ4n) is 2.52. The molecule has 0 aliphatic carbocycles. The van der Waals surface area contributed by atoms with Crippen LogP contribution in [-0.4, -0.2) is 32.3 Å². The lowest BCUT2D eigenvalue weighted by Crippen LogP contribution is -2.33. The first-order valence-corrected chi connectivity index (χ1v) is 6.14. The van der Waals surface area contributed by atoms with Crippen molar-refractivity contribution >= 4 is 5.69 Å². The molecule has 3 heteroatoms. The maximum absolute atomic E-state index is 5.42. The van der Waals surface area contributed by atoms with Crippen molar-refractivity contribution in [2.24, 2.45) is 0 Å². The third-order valence-corrected chi connectivity index (χ3v) is 3.58. The zero-order chi connectivity index (χ0) is 12.5. The summed E-state index contributed by atoms with van der Waals surface area (Å²) in [5, 5.41) is 3.55. The van der Waals surface area contributed by atoms with Gasteiger partial charge in [0.15, 0.2) is 0 Å². The smallest absolute Gasteiger partial charge is 0.142 e. The third kappa shape index (κ3) is 2.55. The van der Waals surface area contributed by atoms with Gasteiger partial charge >= 0.3 is 0 Å². The van der Waals surface area contributed by atoms with Crippen LogP contribution >= 0.6 is 0 Å². The Morgan fingerprint density at radius 2 is 2.06 bits per heavy atom. The molecule has 0 bridgehead atoms. The normalized spacial score (nSPS) is 22.5. The zero-order valence-electron chi connectivity index (χ0n) is 11.2. The second kappa shape index (κ2) is 4.57. The van der Waals surface area contributed by atoms with Crippen LogP contribution in [0.4, 0.5) is 5.69 Å². The summed E-state index contributed by atoms with van der Waals surface area (Å²) in [4.78, 5) is 2.32. The number of para-hydroxylation sites is 2. The molecular formula is C14H22N2O. The molecule has 3 nitrogen and oxygen atoms in total. The van der Waals surface area contributed by atoms with Gasteiger partial charge in [0, 0.05) is 25.2 Å². The molecule has 1 aromatic rings. The van der Waals surface area contributed by atoms with Gasteiger partial charge in [-0.1, -0.05) is 12.1 Å². The number of likely N-dealkylation sites (N-methyl/N-ethyl adjacent to an activating group) is 1. The highest BCUT2D eigenvalue weighted by Crippen LogP contribution is 2.31. The predicted molar refractivity (Wildman–Crippen MR) is 71.9 cm³/mol. The van der Waals surface area contributed by atoms with Gasteiger partial charge in [-0.2, -0.15) is 0 Å². The van der Waals surface area contributed by atoms with Crippen molar-refractivity contribution in [3.05, 3.63) is 24.3 Å². The number of rotatable bonds is 3. The van der Waals surface area contributed by atoms with Crippen LogP contribution in [0.3, 0.4) is 0 Å². The van der Waals surface area contributed by atoms with E-state index in [0.29, 0.717) is 6.04 Å². The number of methoxy groups -OCH3 is 1. The SMILES string of the molecule is COc1ccccc1N(C)C1CNC(C)(C)C1. The molecule has 1 heterocycles. The minimum absolute atomic E-state index is 0.237. The average molecular weight is 234 g/mol. The van der Waals surface area contributed by atoms with E-state index in [4.69, 9.17) is 4.74 Å². The van der Waals surface area contributed by atoms with Crippen molar-refractivity contribution in [1.82, 2.24) is 5.32 Å². The van der Waals surface area contributed by atoms with Crippen molar-refractivity contribution in [2.45, 2.75) is 31.8 Å². The second-order valence-electron chi connectivity index (χ2n) is 5.41. The minimum Gasteiger partial charge on any atom is -0.495 e. The third-order valence-electron chi connectivity index (χ3n) is 3.58. The van der Waals surface area contributed by atoms with Gasteiger partial charge in [0.25, 0.3) is 0 Å². The Bertz CT molecular complexity index is 390. The number of anilines is 1. The second-order valence-corrected chi connectivity index (χ2v) is 5.41. The minimum atomic E-state index is 0.237. The summed E-state index contributed by atoms with van der Waals surface area (Å²) in [5.41, 5.74) is 1.40. The monoisotopic (exact) mass is 234 g/mol. The van der Waals surface area contributed by atoms with E-state index in [2.05, 4.69) is 43.2 Å². The van der Waals surface area contributed by atoms with E-state index < -0.39 is 0 Å². The van der Waals surface area contributed by atoms with E-state index in [1.54, 1.807) is 7.11 Å². The van der Waals surface area contributed by atoms with E-state index in [1.807, 2.05) is 12.1 Å². The highest BCUT2D eigenvalue weighted by molar-refractivity contribution is 5.58. The average Bonchev–Trinajstić information content (AvgIpc) is 2.68. The molecule has 1 aromatic carbocycles. The Morgan fingerprint density at radius 1 is 1.35 bits per heavy atom. The molecular weight excluding hydrogens is 212 g/mol. The summed E-state index contributed by atoms with van der Waals surface area (Å²) < 4.78 is 5.42. The molecule has 0 amide bonds. The molecule has 0 aromatic heterocycles. The number of ether oxygens (including phenoxy) is 1. The van der Waals surface area contributed by atoms with E-state index in [0.717, 1.165) is 18.7 Å².